The number of anilines is 1. The lowest BCUT2D eigenvalue weighted by atomic mass is 10.2. The molecule has 0 aliphatic carbocycles. The van der Waals surface area contributed by atoms with E-state index in [1.807, 2.05) is 36.4 Å². The van der Waals surface area contributed by atoms with Crippen LogP contribution in [0, 0.1) is 0 Å². The van der Waals surface area contributed by atoms with Crippen molar-refractivity contribution >= 4 is 11.7 Å². The summed E-state index contributed by atoms with van der Waals surface area (Å²) >= 11 is 0. The van der Waals surface area contributed by atoms with Gasteiger partial charge in [-0.05, 0) is 41.8 Å². The van der Waals surface area contributed by atoms with E-state index in [0.29, 0.717) is 24.6 Å². The first-order valence-corrected chi connectivity index (χ1v) is 8.99. The number of hydrogen-bond donors (Lipinski definition) is 1. The van der Waals surface area contributed by atoms with Crippen LogP contribution in [-0.4, -0.2) is 46.5 Å². The summed E-state index contributed by atoms with van der Waals surface area (Å²) in [6.07, 6.45) is 7.34. The number of nitrogens with one attached hydrogen (secondary N) is 1. The average Bonchev–Trinajstić information content (AvgIpc) is 2.77. The van der Waals surface area contributed by atoms with Crippen LogP contribution in [-0.2, 0) is 13.0 Å². The molecule has 0 fully saturated rings. The van der Waals surface area contributed by atoms with Crippen molar-refractivity contribution in [3.05, 3.63) is 78.0 Å². The molecule has 1 N–H and O–H groups in total. The van der Waals surface area contributed by atoms with Crippen LogP contribution in [0.5, 0.6) is 5.75 Å². The molecule has 0 aliphatic rings. The van der Waals surface area contributed by atoms with Crippen LogP contribution < -0.4 is 10.1 Å². The van der Waals surface area contributed by atoms with E-state index in [1.54, 1.807) is 37.6 Å². The fraction of sp³-hybridized carbons (Fsp3) is 0.238. The van der Waals surface area contributed by atoms with Gasteiger partial charge in [-0.15, -0.1) is 0 Å². The number of benzene rings is 1. The summed E-state index contributed by atoms with van der Waals surface area (Å²) in [7, 11) is 3.41. The van der Waals surface area contributed by atoms with Gasteiger partial charge in [-0.1, -0.05) is 12.1 Å². The third-order valence-electron chi connectivity index (χ3n) is 4.34. The molecule has 0 spiro atoms. The molecule has 0 saturated heterocycles. The molecule has 2 aromatic heterocycles. The predicted octanol–water partition coefficient (Wildman–Crippen LogP) is 2.81. The summed E-state index contributed by atoms with van der Waals surface area (Å²) in [5.41, 5.74) is 2.56. The van der Waals surface area contributed by atoms with Gasteiger partial charge < -0.3 is 15.0 Å². The molecule has 0 bridgehead atoms. The van der Waals surface area contributed by atoms with Crippen molar-refractivity contribution in [3.63, 3.8) is 0 Å². The highest BCUT2D eigenvalue weighted by Gasteiger charge is 2.13. The summed E-state index contributed by atoms with van der Waals surface area (Å²) in [6, 6.07) is 11.7. The molecule has 0 saturated carbocycles. The van der Waals surface area contributed by atoms with Crippen molar-refractivity contribution in [1.29, 1.82) is 0 Å². The number of rotatable bonds is 8. The Morgan fingerprint density at radius 2 is 1.79 bits per heavy atom. The molecule has 2 heterocycles. The average molecular weight is 377 g/mol. The first-order valence-electron chi connectivity index (χ1n) is 8.99. The molecule has 0 radical (unpaired) electrons. The van der Waals surface area contributed by atoms with Crippen LogP contribution in [0.3, 0.4) is 0 Å². The van der Waals surface area contributed by atoms with Crippen molar-refractivity contribution in [1.82, 2.24) is 19.9 Å². The molecule has 144 valence electrons. The van der Waals surface area contributed by atoms with Crippen LogP contribution in [0.1, 0.15) is 21.6 Å². The number of amides is 1. The quantitative estimate of drug-likeness (QED) is 0.650. The second kappa shape index (κ2) is 9.45. The van der Waals surface area contributed by atoms with E-state index in [4.69, 9.17) is 4.74 Å². The molecule has 7 nitrogen and oxygen atoms in total. The molecular weight excluding hydrogens is 354 g/mol. The van der Waals surface area contributed by atoms with E-state index >= 15 is 0 Å². The Morgan fingerprint density at radius 3 is 2.43 bits per heavy atom. The fourth-order valence-electron chi connectivity index (χ4n) is 2.61. The zero-order valence-corrected chi connectivity index (χ0v) is 16.0. The highest BCUT2D eigenvalue weighted by molar-refractivity contribution is 5.91. The Hall–Kier alpha value is -3.48. The number of carbonyl (C=O) groups excluding carboxylic acids is 1. The van der Waals surface area contributed by atoms with Gasteiger partial charge in [-0.3, -0.25) is 9.78 Å². The van der Waals surface area contributed by atoms with Gasteiger partial charge in [-0.25, -0.2) is 9.97 Å². The van der Waals surface area contributed by atoms with Gasteiger partial charge in [0.2, 0.25) is 0 Å². The Kier molecular flexibility index (Phi) is 6.51. The van der Waals surface area contributed by atoms with E-state index < -0.39 is 0 Å². The van der Waals surface area contributed by atoms with Crippen molar-refractivity contribution in [3.8, 4) is 5.75 Å². The molecule has 1 amide bonds. The number of methoxy groups -OCH3 is 1. The molecule has 0 aliphatic heterocycles. The Balaban J connectivity index is 1.51. The largest absolute Gasteiger partial charge is 0.497 e. The molecular formula is C21H23N5O2. The van der Waals surface area contributed by atoms with Crippen LogP contribution >= 0.6 is 0 Å². The Labute approximate surface area is 164 Å². The third-order valence-corrected chi connectivity index (χ3v) is 4.34. The summed E-state index contributed by atoms with van der Waals surface area (Å²) in [4.78, 5) is 26.7. The van der Waals surface area contributed by atoms with Crippen LogP contribution in [0.15, 0.2) is 61.2 Å². The summed E-state index contributed by atoms with van der Waals surface area (Å²) in [6.45, 7) is 1.21. The van der Waals surface area contributed by atoms with Crippen LogP contribution in [0.2, 0.25) is 0 Å². The van der Waals surface area contributed by atoms with E-state index in [0.717, 1.165) is 23.3 Å². The van der Waals surface area contributed by atoms with Gasteiger partial charge in [0.25, 0.3) is 5.91 Å². The predicted molar refractivity (Wildman–Crippen MR) is 107 cm³/mol. The standard InChI is InChI=1S/C21H23N5O2/c1-26(12-9-16-7-10-22-11-8-16)21(27)19-14-25-20(15-23-19)24-13-17-3-5-18(28-2)6-4-17/h3-8,10-11,14-15H,9,12-13H2,1-2H3,(H,24,25). The first kappa shape index (κ1) is 19.3. The number of ether oxygens (including phenoxy) is 1. The SMILES string of the molecule is COc1ccc(CNc2cnc(C(=O)N(C)CCc3ccncc3)cn2)cc1. The summed E-state index contributed by atoms with van der Waals surface area (Å²) in [5, 5.41) is 3.20. The van der Waals surface area contributed by atoms with Crippen molar-refractivity contribution in [2.45, 2.75) is 13.0 Å². The van der Waals surface area contributed by atoms with Gasteiger partial charge >= 0.3 is 0 Å². The maximum Gasteiger partial charge on any atom is 0.273 e. The maximum atomic E-state index is 12.5. The first-order chi connectivity index (χ1) is 13.7. The number of likely N-dealkylation sites (N-methyl/N-ethyl adjacent to an activating group) is 1. The van der Waals surface area contributed by atoms with Crippen LogP contribution in [0.4, 0.5) is 5.82 Å². The monoisotopic (exact) mass is 377 g/mol. The molecule has 0 unspecified atom stereocenters. The molecule has 3 aromatic rings. The van der Waals surface area contributed by atoms with E-state index in [2.05, 4.69) is 20.3 Å². The second-order valence-electron chi connectivity index (χ2n) is 6.32. The number of nitrogens with zero attached hydrogens (tertiary/aromatic N) is 4. The Morgan fingerprint density at radius 1 is 1.04 bits per heavy atom. The van der Waals surface area contributed by atoms with Gasteiger partial charge in [-0.2, -0.15) is 0 Å². The normalized spacial score (nSPS) is 10.4. The van der Waals surface area contributed by atoms with Gasteiger partial charge in [0.15, 0.2) is 0 Å². The molecule has 3 rings (SSSR count). The van der Waals surface area contributed by atoms with Crippen molar-refractivity contribution in [2.24, 2.45) is 0 Å². The van der Waals surface area contributed by atoms with Crippen molar-refractivity contribution in [2.75, 3.05) is 26.0 Å². The van der Waals surface area contributed by atoms with E-state index in [-0.39, 0.29) is 5.91 Å². The van der Waals surface area contributed by atoms with Gasteiger partial charge in [0.05, 0.1) is 19.5 Å². The lowest BCUT2D eigenvalue weighted by Gasteiger charge is -2.16. The third kappa shape index (κ3) is 5.26. The van der Waals surface area contributed by atoms with E-state index in [9.17, 15) is 4.79 Å². The fourth-order valence-corrected chi connectivity index (χ4v) is 2.61. The number of aromatic nitrogens is 3. The zero-order valence-electron chi connectivity index (χ0n) is 16.0. The smallest absolute Gasteiger partial charge is 0.273 e. The maximum absolute atomic E-state index is 12.5. The summed E-state index contributed by atoms with van der Waals surface area (Å²) in [5.74, 6) is 1.29. The lowest BCUT2D eigenvalue weighted by molar-refractivity contribution is 0.0790. The topological polar surface area (TPSA) is 80.2 Å². The molecule has 0 atom stereocenters. The zero-order chi connectivity index (χ0) is 19.8. The number of hydrogen-bond acceptors (Lipinski definition) is 6. The highest BCUT2D eigenvalue weighted by atomic mass is 16.5. The minimum absolute atomic E-state index is 0.150. The minimum Gasteiger partial charge on any atom is -0.497 e. The van der Waals surface area contributed by atoms with E-state index in [1.165, 1.54) is 6.20 Å². The number of pyridine rings is 1. The Bertz CT molecular complexity index is 883. The molecule has 1 aromatic carbocycles. The number of carbonyl (C=O) groups is 1. The lowest BCUT2D eigenvalue weighted by Crippen LogP contribution is -2.29. The summed E-state index contributed by atoms with van der Waals surface area (Å²) < 4.78 is 5.15. The highest BCUT2D eigenvalue weighted by Crippen LogP contribution is 2.12. The van der Waals surface area contributed by atoms with Gasteiger partial charge in [0, 0.05) is 32.5 Å². The molecule has 28 heavy (non-hydrogen) atoms. The van der Waals surface area contributed by atoms with Gasteiger partial charge in [0.1, 0.15) is 17.3 Å². The van der Waals surface area contributed by atoms with Crippen LogP contribution in [0.25, 0.3) is 0 Å². The second-order valence-corrected chi connectivity index (χ2v) is 6.32. The van der Waals surface area contributed by atoms with Crippen molar-refractivity contribution < 1.29 is 9.53 Å². The minimum atomic E-state index is -0.150. The molecule has 7 heteroatoms.